The highest BCUT2D eigenvalue weighted by molar-refractivity contribution is 5.77. The first-order valence-corrected chi connectivity index (χ1v) is 4.11. The maximum absolute atomic E-state index is 10.5. The molecule has 0 bridgehead atoms. The van der Waals surface area contributed by atoms with Crippen LogP contribution in [-0.2, 0) is 0 Å². The zero-order valence-electron chi connectivity index (χ0n) is 7.77. The maximum Gasteiger partial charge on any atom is 0.271 e. The average molecular weight is 204 g/mol. The summed E-state index contributed by atoms with van der Waals surface area (Å²) in [4.78, 5) is 20.5. The Morgan fingerprint density at radius 3 is 2.73 bits per heavy atom. The molecule has 0 saturated carbocycles. The van der Waals surface area contributed by atoms with Gasteiger partial charge in [-0.15, -0.1) is 0 Å². The Balaban J connectivity index is 3.22. The van der Waals surface area contributed by atoms with Gasteiger partial charge in [0.05, 0.1) is 11.5 Å². The molecule has 5 nitrogen and oxygen atoms in total. The largest absolute Gasteiger partial charge is 0.320 e. The quantitative estimate of drug-likeness (QED) is 0.333. The number of nitrogens with zero attached hydrogens (tertiary/aromatic N) is 1. The van der Waals surface area contributed by atoms with Gasteiger partial charge in [-0.1, -0.05) is 11.8 Å². The Morgan fingerprint density at radius 1 is 1.47 bits per heavy atom. The predicted molar refractivity (Wildman–Crippen MR) is 54.4 cm³/mol. The van der Waals surface area contributed by atoms with Gasteiger partial charge in [-0.2, -0.15) is 0 Å². The molecule has 5 heteroatoms. The summed E-state index contributed by atoms with van der Waals surface area (Å²) in [6.45, 7) is 0.166. The van der Waals surface area contributed by atoms with Crippen LogP contribution in [0.25, 0.3) is 0 Å². The first-order valence-electron chi connectivity index (χ1n) is 4.11. The van der Waals surface area contributed by atoms with Gasteiger partial charge in [0.15, 0.2) is 0 Å². The van der Waals surface area contributed by atoms with E-state index in [1.807, 2.05) is 0 Å². The molecule has 76 valence electrons. The van der Waals surface area contributed by atoms with Crippen molar-refractivity contribution in [1.82, 2.24) is 0 Å². The molecule has 0 aliphatic carbocycles. The highest BCUT2D eigenvalue weighted by Gasteiger charge is 2.07. The molecule has 15 heavy (non-hydrogen) atoms. The van der Waals surface area contributed by atoms with Crippen LogP contribution in [0.4, 0.5) is 5.69 Å². The molecule has 1 rings (SSSR count). The van der Waals surface area contributed by atoms with Crippen LogP contribution in [0.5, 0.6) is 0 Å². The van der Waals surface area contributed by atoms with Crippen molar-refractivity contribution < 1.29 is 9.72 Å². The van der Waals surface area contributed by atoms with E-state index in [0.29, 0.717) is 11.8 Å². The normalized spacial score (nSPS) is 8.87. The summed E-state index contributed by atoms with van der Waals surface area (Å²) in [6.07, 6.45) is 0.542. The minimum Gasteiger partial charge on any atom is -0.320 e. The van der Waals surface area contributed by atoms with E-state index in [1.165, 1.54) is 18.2 Å². The van der Waals surface area contributed by atoms with Gasteiger partial charge in [-0.25, -0.2) is 0 Å². The standard InChI is InChI=1S/C10H8N2O3/c11-3-1-2-8-4-9(7-13)6-10(5-8)12(14)15/h4-7H,3,11H2. The number of rotatable bonds is 2. The minimum atomic E-state index is -0.569. The molecule has 0 unspecified atom stereocenters. The highest BCUT2D eigenvalue weighted by atomic mass is 16.6. The van der Waals surface area contributed by atoms with E-state index in [-0.39, 0.29) is 17.8 Å². The second kappa shape index (κ2) is 4.88. The van der Waals surface area contributed by atoms with Crippen molar-refractivity contribution in [2.24, 2.45) is 5.73 Å². The summed E-state index contributed by atoms with van der Waals surface area (Å²) in [5.41, 5.74) is 5.66. The third-order valence-electron chi connectivity index (χ3n) is 1.62. The van der Waals surface area contributed by atoms with Gasteiger partial charge in [0.2, 0.25) is 0 Å². The Labute approximate surface area is 86.0 Å². The SMILES string of the molecule is NCC#Cc1cc(C=O)cc([N+](=O)[O-])c1. The van der Waals surface area contributed by atoms with Crippen LogP contribution in [0.15, 0.2) is 18.2 Å². The molecule has 0 aromatic heterocycles. The molecule has 0 radical (unpaired) electrons. The van der Waals surface area contributed by atoms with E-state index in [9.17, 15) is 14.9 Å². The van der Waals surface area contributed by atoms with Crippen LogP contribution in [0, 0.1) is 22.0 Å². The number of nitro benzene ring substituents is 1. The number of benzene rings is 1. The first kappa shape index (κ1) is 10.9. The Bertz CT molecular complexity index is 457. The fourth-order valence-corrected chi connectivity index (χ4v) is 1.03. The van der Waals surface area contributed by atoms with E-state index in [4.69, 9.17) is 5.73 Å². The summed E-state index contributed by atoms with van der Waals surface area (Å²) in [5.74, 6) is 5.20. The first-order chi connectivity index (χ1) is 7.17. The molecule has 2 N–H and O–H groups in total. The highest BCUT2D eigenvalue weighted by Crippen LogP contribution is 2.15. The summed E-state index contributed by atoms with van der Waals surface area (Å²) in [7, 11) is 0. The molecule has 0 atom stereocenters. The number of carbonyl (C=O) groups excluding carboxylic acids is 1. The van der Waals surface area contributed by atoms with E-state index in [2.05, 4.69) is 11.8 Å². The topological polar surface area (TPSA) is 86.2 Å². The zero-order valence-corrected chi connectivity index (χ0v) is 7.77. The number of nitro groups is 1. The average Bonchev–Trinajstić information content (AvgIpc) is 2.25. The number of hydrogen-bond donors (Lipinski definition) is 1. The fraction of sp³-hybridized carbons (Fsp3) is 0.100. The van der Waals surface area contributed by atoms with E-state index in [1.54, 1.807) is 0 Å². The van der Waals surface area contributed by atoms with Crippen molar-refractivity contribution >= 4 is 12.0 Å². The summed E-state index contributed by atoms with van der Waals surface area (Å²) < 4.78 is 0. The van der Waals surface area contributed by atoms with Gasteiger partial charge in [0.25, 0.3) is 5.69 Å². The zero-order chi connectivity index (χ0) is 11.3. The summed E-state index contributed by atoms with van der Waals surface area (Å²) >= 11 is 0. The van der Waals surface area contributed by atoms with Crippen LogP contribution in [0.1, 0.15) is 15.9 Å². The Morgan fingerprint density at radius 2 is 2.20 bits per heavy atom. The van der Waals surface area contributed by atoms with E-state index < -0.39 is 4.92 Å². The molecule has 0 fully saturated rings. The van der Waals surface area contributed by atoms with Gasteiger partial charge >= 0.3 is 0 Å². The number of non-ortho nitro benzene ring substituents is 1. The molecule has 0 aliphatic heterocycles. The lowest BCUT2D eigenvalue weighted by atomic mass is 10.1. The fourth-order valence-electron chi connectivity index (χ4n) is 1.03. The molecule has 0 heterocycles. The molecular formula is C10H8N2O3. The van der Waals surface area contributed by atoms with Gasteiger partial charge in [0.1, 0.15) is 6.29 Å². The van der Waals surface area contributed by atoms with Gasteiger partial charge in [-0.05, 0) is 6.07 Å². The smallest absolute Gasteiger partial charge is 0.271 e. The van der Waals surface area contributed by atoms with Crippen molar-refractivity contribution in [3.63, 3.8) is 0 Å². The second-order valence-corrected chi connectivity index (χ2v) is 2.69. The molecule has 1 aromatic carbocycles. The van der Waals surface area contributed by atoms with Crippen LogP contribution >= 0.6 is 0 Å². The predicted octanol–water partition coefficient (Wildman–Crippen LogP) is 0.718. The lowest BCUT2D eigenvalue weighted by molar-refractivity contribution is -0.384. The number of nitrogens with two attached hydrogens (primary N) is 1. The monoisotopic (exact) mass is 204 g/mol. The summed E-state index contributed by atoms with van der Waals surface area (Å²) in [5, 5.41) is 10.5. The van der Waals surface area contributed by atoms with Gasteiger partial charge in [0, 0.05) is 23.3 Å². The van der Waals surface area contributed by atoms with Crippen LogP contribution < -0.4 is 5.73 Å². The summed E-state index contributed by atoms with van der Waals surface area (Å²) in [6, 6.07) is 3.97. The number of hydrogen-bond acceptors (Lipinski definition) is 4. The van der Waals surface area contributed by atoms with Crippen LogP contribution in [-0.4, -0.2) is 17.8 Å². The third kappa shape index (κ3) is 2.90. The van der Waals surface area contributed by atoms with Gasteiger partial charge in [-0.3, -0.25) is 14.9 Å². The molecular weight excluding hydrogens is 196 g/mol. The molecule has 0 aliphatic rings. The second-order valence-electron chi connectivity index (χ2n) is 2.69. The Kier molecular flexibility index (Phi) is 3.55. The van der Waals surface area contributed by atoms with Crippen LogP contribution in [0.3, 0.4) is 0 Å². The van der Waals surface area contributed by atoms with Crippen molar-refractivity contribution in [2.45, 2.75) is 0 Å². The molecule has 0 amide bonds. The van der Waals surface area contributed by atoms with E-state index >= 15 is 0 Å². The lowest BCUT2D eigenvalue weighted by Crippen LogP contribution is -1.94. The van der Waals surface area contributed by atoms with E-state index in [0.717, 1.165) is 0 Å². The van der Waals surface area contributed by atoms with Gasteiger partial charge < -0.3 is 5.73 Å². The number of carbonyl (C=O) groups is 1. The number of aldehydes is 1. The molecule has 0 saturated heterocycles. The molecule has 0 spiro atoms. The molecule has 1 aromatic rings. The Hall–Kier alpha value is -2.19. The maximum atomic E-state index is 10.5. The van der Waals surface area contributed by atoms with Crippen molar-refractivity contribution in [3.8, 4) is 11.8 Å². The lowest BCUT2D eigenvalue weighted by Gasteiger charge is -1.95. The van der Waals surface area contributed by atoms with Crippen molar-refractivity contribution in [3.05, 3.63) is 39.4 Å². The van der Waals surface area contributed by atoms with Crippen molar-refractivity contribution in [2.75, 3.05) is 6.54 Å². The van der Waals surface area contributed by atoms with Crippen LogP contribution in [0.2, 0.25) is 0 Å². The van der Waals surface area contributed by atoms with Crippen molar-refractivity contribution in [1.29, 1.82) is 0 Å². The minimum absolute atomic E-state index is 0.152. The third-order valence-corrected chi connectivity index (χ3v) is 1.62.